The fourth-order valence-electron chi connectivity index (χ4n) is 2.12. The molecule has 0 aliphatic carbocycles. The molecule has 0 radical (unpaired) electrons. The van der Waals surface area contributed by atoms with Crippen LogP contribution in [0.25, 0.3) is 0 Å². The van der Waals surface area contributed by atoms with Crippen molar-refractivity contribution < 1.29 is 29.5 Å². The number of aliphatic hydroxyl groups is 3. The topological polar surface area (TPSA) is 88.4 Å². The van der Waals surface area contributed by atoms with Gasteiger partial charge in [0.2, 0.25) is 0 Å². The van der Waals surface area contributed by atoms with E-state index in [4.69, 9.17) is 14.2 Å². The predicted molar refractivity (Wildman–Crippen MR) is 70.1 cm³/mol. The molecule has 1 aromatic carbocycles. The summed E-state index contributed by atoms with van der Waals surface area (Å²) >= 11 is 0. The van der Waals surface area contributed by atoms with E-state index >= 15 is 0 Å². The van der Waals surface area contributed by atoms with Crippen molar-refractivity contribution in [1.82, 2.24) is 0 Å². The molecule has 112 valence electrons. The summed E-state index contributed by atoms with van der Waals surface area (Å²) in [5.74, 6) is 0.740. The van der Waals surface area contributed by atoms with Crippen LogP contribution in [0, 0.1) is 0 Å². The Morgan fingerprint density at radius 1 is 1.10 bits per heavy atom. The lowest BCUT2D eigenvalue weighted by Crippen LogP contribution is -2.57. The Morgan fingerprint density at radius 3 is 2.35 bits per heavy atom. The van der Waals surface area contributed by atoms with Crippen molar-refractivity contribution in [2.75, 3.05) is 7.11 Å². The molecule has 0 spiro atoms. The summed E-state index contributed by atoms with van der Waals surface area (Å²) in [5.41, 5.74) is 0.874. The first kappa shape index (κ1) is 15.2. The van der Waals surface area contributed by atoms with Crippen LogP contribution in [0.3, 0.4) is 0 Å². The van der Waals surface area contributed by atoms with Crippen LogP contribution < -0.4 is 4.74 Å². The van der Waals surface area contributed by atoms with Crippen LogP contribution in [-0.2, 0) is 16.1 Å². The Labute approximate surface area is 117 Å². The van der Waals surface area contributed by atoms with Crippen LogP contribution in [0.5, 0.6) is 5.75 Å². The number of rotatable bonds is 4. The molecule has 1 unspecified atom stereocenters. The average Bonchev–Trinajstić information content (AvgIpc) is 2.46. The second-order valence-electron chi connectivity index (χ2n) is 4.84. The first-order chi connectivity index (χ1) is 9.52. The molecule has 5 atom stereocenters. The van der Waals surface area contributed by atoms with Crippen LogP contribution in [0.2, 0.25) is 0 Å². The van der Waals surface area contributed by atoms with Gasteiger partial charge in [0.15, 0.2) is 6.29 Å². The van der Waals surface area contributed by atoms with Gasteiger partial charge in [0, 0.05) is 0 Å². The molecule has 1 fully saturated rings. The normalized spacial score (nSPS) is 34.0. The van der Waals surface area contributed by atoms with Crippen molar-refractivity contribution in [3.8, 4) is 5.75 Å². The third kappa shape index (κ3) is 3.28. The molecule has 2 rings (SSSR count). The SMILES string of the molecule is COc1ccc(CO[C@@H]2[C@H](O)[C@H](C)OC(O)[C@H]2O)cc1. The zero-order chi connectivity index (χ0) is 14.7. The lowest BCUT2D eigenvalue weighted by atomic mass is 10.00. The maximum Gasteiger partial charge on any atom is 0.183 e. The maximum atomic E-state index is 9.94. The van der Waals surface area contributed by atoms with E-state index in [-0.39, 0.29) is 6.61 Å². The molecule has 1 heterocycles. The molecule has 1 aliphatic heterocycles. The van der Waals surface area contributed by atoms with Crippen LogP contribution in [0.15, 0.2) is 24.3 Å². The molecule has 1 saturated heterocycles. The van der Waals surface area contributed by atoms with Gasteiger partial charge in [-0.1, -0.05) is 12.1 Å². The molecule has 0 saturated carbocycles. The molecule has 0 bridgehead atoms. The summed E-state index contributed by atoms with van der Waals surface area (Å²) in [4.78, 5) is 0. The molecule has 0 amide bonds. The van der Waals surface area contributed by atoms with Crippen molar-refractivity contribution in [2.45, 2.75) is 44.2 Å². The predicted octanol–water partition coefficient (Wildman–Crippen LogP) is 0.0393. The van der Waals surface area contributed by atoms with Gasteiger partial charge in [-0.25, -0.2) is 0 Å². The van der Waals surface area contributed by atoms with E-state index in [1.807, 2.05) is 12.1 Å². The van der Waals surface area contributed by atoms with E-state index < -0.39 is 30.7 Å². The van der Waals surface area contributed by atoms with Crippen molar-refractivity contribution in [1.29, 1.82) is 0 Å². The van der Waals surface area contributed by atoms with Gasteiger partial charge in [0.1, 0.15) is 24.1 Å². The summed E-state index contributed by atoms with van der Waals surface area (Å²) in [6.45, 7) is 1.83. The molecule has 1 aromatic rings. The Balaban J connectivity index is 1.97. The van der Waals surface area contributed by atoms with E-state index in [2.05, 4.69) is 0 Å². The Hall–Kier alpha value is -1.18. The smallest absolute Gasteiger partial charge is 0.183 e. The van der Waals surface area contributed by atoms with Gasteiger partial charge >= 0.3 is 0 Å². The number of ether oxygens (including phenoxy) is 3. The number of methoxy groups -OCH3 is 1. The average molecular weight is 284 g/mol. The fourth-order valence-corrected chi connectivity index (χ4v) is 2.12. The Morgan fingerprint density at radius 2 is 1.75 bits per heavy atom. The van der Waals surface area contributed by atoms with Gasteiger partial charge in [-0.05, 0) is 24.6 Å². The van der Waals surface area contributed by atoms with E-state index in [0.717, 1.165) is 11.3 Å². The first-order valence-corrected chi connectivity index (χ1v) is 6.47. The second kappa shape index (κ2) is 6.51. The highest BCUT2D eigenvalue weighted by Crippen LogP contribution is 2.23. The minimum Gasteiger partial charge on any atom is -0.497 e. The molecule has 6 nitrogen and oxygen atoms in total. The summed E-state index contributed by atoms with van der Waals surface area (Å²) in [6.07, 6.45) is -5.12. The Kier molecular flexibility index (Phi) is 4.95. The second-order valence-corrected chi connectivity index (χ2v) is 4.84. The highest BCUT2D eigenvalue weighted by Gasteiger charge is 2.42. The van der Waals surface area contributed by atoms with Gasteiger partial charge in [0.25, 0.3) is 0 Å². The monoisotopic (exact) mass is 284 g/mol. The summed E-state index contributed by atoms with van der Waals surface area (Å²) in [5, 5.41) is 29.3. The third-order valence-electron chi connectivity index (χ3n) is 3.40. The molecule has 6 heteroatoms. The number of benzene rings is 1. The van der Waals surface area contributed by atoms with E-state index in [9.17, 15) is 15.3 Å². The largest absolute Gasteiger partial charge is 0.497 e. The van der Waals surface area contributed by atoms with Crippen molar-refractivity contribution >= 4 is 0 Å². The van der Waals surface area contributed by atoms with Crippen molar-refractivity contribution in [3.05, 3.63) is 29.8 Å². The quantitative estimate of drug-likeness (QED) is 0.723. The molecule has 3 N–H and O–H groups in total. The van der Waals surface area contributed by atoms with Gasteiger partial charge in [0.05, 0.1) is 19.8 Å². The summed E-state index contributed by atoms with van der Waals surface area (Å²) < 4.78 is 15.6. The number of aliphatic hydroxyl groups excluding tert-OH is 3. The molecular weight excluding hydrogens is 264 g/mol. The highest BCUT2D eigenvalue weighted by atomic mass is 16.6. The molecular formula is C14H20O6. The van der Waals surface area contributed by atoms with Crippen LogP contribution in [0.1, 0.15) is 12.5 Å². The molecule has 0 aromatic heterocycles. The fraction of sp³-hybridized carbons (Fsp3) is 0.571. The van der Waals surface area contributed by atoms with Crippen LogP contribution >= 0.6 is 0 Å². The number of hydrogen-bond acceptors (Lipinski definition) is 6. The zero-order valence-corrected chi connectivity index (χ0v) is 11.5. The van der Waals surface area contributed by atoms with Gasteiger partial charge in [-0.15, -0.1) is 0 Å². The minimum atomic E-state index is -1.35. The molecule has 20 heavy (non-hydrogen) atoms. The van der Waals surface area contributed by atoms with Crippen molar-refractivity contribution in [3.63, 3.8) is 0 Å². The maximum absolute atomic E-state index is 9.94. The van der Waals surface area contributed by atoms with E-state index in [0.29, 0.717) is 0 Å². The molecule has 1 aliphatic rings. The zero-order valence-electron chi connectivity index (χ0n) is 11.5. The first-order valence-electron chi connectivity index (χ1n) is 6.47. The highest BCUT2D eigenvalue weighted by molar-refractivity contribution is 5.26. The van der Waals surface area contributed by atoms with Gasteiger partial charge in [-0.3, -0.25) is 0 Å². The van der Waals surface area contributed by atoms with Crippen LogP contribution in [-0.4, -0.2) is 53.1 Å². The lowest BCUT2D eigenvalue weighted by molar-refractivity contribution is -0.287. The lowest BCUT2D eigenvalue weighted by Gasteiger charge is -2.39. The van der Waals surface area contributed by atoms with Gasteiger partial charge < -0.3 is 29.5 Å². The standard InChI is InChI=1S/C14H20O6/c1-8-11(15)13(12(16)14(17)20-8)19-7-9-3-5-10(18-2)6-4-9/h3-6,8,11-17H,7H2,1-2H3/t8-,11+,12-,13+,14?/m0/s1. The van der Waals surface area contributed by atoms with E-state index in [1.54, 1.807) is 26.2 Å². The minimum absolute atomic E-state index is 0.211. The summed E-state index contributed by atoms with van der Waals surface area (Å²) in [6, 6.07) is 7.26. The van der Waals surface area contributed by atoms with Crippen LogP contribution in [0.4, 0.5) is 0 Å². The van der Waals surface area contributed by atoms with Gasteiger partial charge in [-0.2, -0.15) is 0 Å². The Bertz CT molecular complexity index is 406. The number of hydrogen-bond donors (Lipinski definition) is 3. The van der Waals surface area contributed by atoms with E-state index in [1.165, 1.54) is 0 Å². The third-order valence-corrected chi connectivity index (χ3v) is 3.40. The van der Waals surface area contributed by atoms with Crippen molar-refractivity contribution in [2.24, 2.45) is 0 Å². The summed E-state index contributed by atoms with van der Waals surface area (Å²) in [7, 11) is 1.59.